The van der Waals surface area contributed by atoms with Gasteiger partial charge in [0.15, 0.2) is 5.82 Å². The number of anilines is 1. The van der Waals surface area contributed by atoms with Crippen LogP contribution >= 0.6 is 0 Å². The van der Waals surface area contributed by atoms with Crippen molar-refractivity contribution < 1.29 is 9.47 Å². The highest BCUT2D eigenvalue weighted by molar-refractivity contribution is 5.37. The normalized spacial score (nSPS) is 23.8. The molecule has 0 aliphatic carbocycles. The molecule has 6 nitrogen and oxygen atoms in total. The Morgan fingerprint density at radius 2 is 2.14 bits per heavy atom. The van der Waals surface area contributed by atoms with Crippen molar-refractivity contribution in [1.82, 2.24) is 14.9 Å². The Hall–Kier alpha value is -1.24. The number of rotatable bonds is 5. The molecule has 1 unspecified atom stereocenters. The van der Waals surface area contributed by atoms with Crippen LogP contribution in [0.15, 0.2) is 6.07 Å². The number of methoxy groups -OCH3 is 1. The number of nitrogens with zero attached hydrogens (tertiary/aromatic N) is 3. The minimum absolute atomic E-state index is 0.455. The molecule has 0 radical (unpaired) electrons. The van der Waals surface area contributed by atoms with Crippen LogP contribution in [0.5, 0.6) is 0 Å². The highest BCUT2D eigenvalue weighted by atomic mass is 16.5. The predicted molar refractivity (Wildman–Crippen MR) is 84.9 cm³/mol. The van der Waals surface area contributed by atoms with Crippen molar-refractivity contribution >= 4 is 5.82 Å². The van der Waals surface area contributed by atoms with Gasteiger partial charge in [-0.2, -0.15) is 0 Å². The molecule has 2 saturated heterocycles. The molecule has 1 N–H and O–H groups in total. The summed E-state index contributed by atoms with van der Waals surface area (Å²) in [5, 5.41) is 3.57. The molecule has 6 heteroatoms. The van der Waals surface area contributed by atoms with Gasteiger partial charge in [-0.3, -0.25) is 4.90 Å². The SMILES string of the molecule is COCc1nc(C)cc(NC2CCN(C3CCOC3)CC2)n1. The number of nitrogens with one attached hydrogen (secondary N) is 1. The third-order valence-corrected chi connectivity index (χ3v) is 4.48. The molecule has 1 aromatic heterocycles. The standard InChI is InChI=1S/C16H26N4O2/c1-12-9-15(19-16(17-12)11-21-2)18-13-3-6-20(7-4-13)14-5-8-22-10-14/h9,13-14H,3-8,10-11H2,1-2H3,(H,17,18,19). The summed E-state index contributed by atoms with van der Waals surface area (Å²) in [4.78, 5) is 11.5. The highest BCUT2D eigenvalue weighted by Crippen LogP contribution is 2.21. The molecule has 0 aromatic carbocycles. The Balaban J connectivity index is 1.53. The summed E-state index contributed by atoms with van der Waals surface area (Å²) < 4.78 is 10.6. The lowest BCUT2D eigenvalue weighted by Crippen LogP contribution is -2.45. The number of ether oxygens (including phenoxy) is 2. The third-order valence-electron chi connectivity index (χ3n) is 4.48. The second-order valence-corrected chi connectivity index (χ2v) is 6.22. The number of hydrogen-bond acceptors (Lipinski definition) is 6. The van der Waals surface area contributed by atoms with E-state index in [9.17, 15) is 0 Å². The van der Waals surface area contributed by atoms with E-state index >= 15 is 0 Å². The summed E-state index contributed by atoms with van der Waals surface area (Å²) in [6.45, 7) is 6.56. The molecule has 0 saturated carbocycles. The first-order chi connectivity index (χ1) is 10.7. The van der Waals surface area contributed by atoms with Crippen LogP contribution in [0.3, 0.4) is 0 Å². The number of piperidine rings is 1. The first-order valence-corrected chi connectivity index (χ1v) is 8.16. The van der Waals surface area contributed by atoms with E-state index < -0.39 is 0 Å². The van der Waals surface area contributed by atoms with Gasteiger partial charge in [-0.05, 0) is 26.2 Å². The molecule has 0 bridgehead atoms. The van der Waals surface area contributed by atoms with Gasteiger partial charge >= 0.3 is 0 Å². The summed E-state index contributed by atoms with van der Waals surface area (Å²) in [5.74, 6) is 1.66. The van der Waals surface area contributed by atoms with Gasteiger partial charge in [-0.1, -0.05) is 0 Å². The zero-order valence-electron chi connectivity index (χ0n) is 13.5. The van der Waals surface area contributed by atoms with Crippen molar-refractivity contribution in [3.8, 4) is 0 Å². The number of aryl methyl sites for hydroxylation is 1. The Bertz CT molecular complexity index is 483. The van der Waals surface area contributed by atoms with Crippen molar-refractivity contribution in [3.63, 3.8) is 0 Å². The van der Waals surface area contributed by atoms with Gasteiger partial charge in [0.25, 0.3) is 0 Å². The zero-order chi connectivity index (χ0) is 15.4. The van der Waals surface area contributed by atoms with Gasteiger partial charge in [0.1, 0.15) is 12.4 Å². The van der Waals surface area contributed by atoms with Gasteiger partial charge in [-0.25, -0.2) is 9.97 Å². The van der Waals surface area contributed by atoms with Gasteiger partial charge in [0, 0.05) is 50.7 Å². The smallest absolute Gasteiger partial charge is 0.156 e. The number of likely N-dealkylation sites (tertiary alicyclic amines) is 1. The van der Waals surface area contributed by atoms with Crippen LogP contribution in [0.25, 0.3) is 0 Å². The van der Waals surface area contributed by atoms with Gasteiger partial charge in [0.2, 0.25) is 0 Å². The molecule has 122 valence electrons. The predicted octanol–water partition coefficient (Wildman–Crippen LogP) is 1.60. The van der Waals surface area contributed by atoms with Crippen molar-refractivity contribution in [2.45, 2.75) is 44.9 Å². The fourth-order valence-corrected chi connectivity index (χ4v) is 3.33. The molecule has 0 amide bonds. The van der Waals surface area contributed by atoms with Gasteiger partial charge in [0.05, 0.1) is 6.61 Å². The van der Waals surface area contributed by atoms with Crippen LogP contribution in [0.2, 0.25) is 0 Å². The maximum atomic E-state index is 5.50. The molecule has 2 aliphatic heterocycles. The summed E-state index contributed by atoms with van der Waals surface area (Å²) in [5.41, 5.74) is 0.977. The molecule has 22 heavy (non-hydrogen) atoms. The first-order valence-electron chi connectivity index (χ1n) is 8.16. The average Bonchev–Trinajstić information content (AvgIpc) is 3.02. The Morgan fingerprint density at radius 3 is 2.82 bits per heavy atom. The van der Waals surface area contributed by atoms with Crippen molar-refractivity contribution in [2.24, 2.45) is 0 Å². The van der Waals surface area contributed by atoms with Crippen molar-refractivity contribution in [1.29, 1.82) is 0 Å². The monoisotopic (exact) mass is 306 g/mol. The third kappa shape index (κ3) is 3.94. The average molecular weight is 306 g/mol. The Kier molecular flexibility index (Phi) is 5.23. The van der Waals surface area contributed by atoms with Crippen LogP contribution in [0.1, 0.15) is 30.8 Å². The first kappa shape index (κ1) is 15.6. The number of aromatic nitrogens is 2. The Morgan fingerprint density at radius 1 is 1.32 bits per heavy atom. The summed E-state index contributed by atoms with van der Waals surface area (Å²) >= 11 is 0. The minimum Gasteiger partial charge on any atom is -0.380 e. The lowest BCUT2D eigenvalue weighted by Gasteiger charge is -2.35. The molecule has 3 heterocycles. The lowest BCUT2D eigenvalue weighted by molar-refractivity contribution is 0.124. The van der Waals surface area contributed by atoms with Gasteiger partial charge in [-0.15, -0.1) is 0 Å². The molecule has 0 spiro atoms. The summed E-state index contributed by atoms with van der Waals surface area (Å²) in [6.07, 6.45) is 3.49. The van der Waals surface area contributed by atoms with E-state index in [0.29, 0.717) is 18.7 Å². The zero-order valence-corrected chi connectivity index (χ0v) is 13.5. The molecular weight excluding hydrogens is 280 g/mol. The Labute approximate surface area is 132 Å². The van der Waals surface area contributed by atoms with Crippen LogP contribution in [0, 0.1) is 6.92 Å². The number of hydrogen-bond donors (Lipinski definition) is 1. The maximum absolute atomic E-state index is 5.50. The summed E-state index contributed by atoms with van der Waals surface area (Å²) in [6, 6.07) is 3.13. The van der Waals surface area contributed by atoms with Gasteiger partial charge < -0.3 is 14.8 Å². The molecule has 2 aliphatic rings. The van der Waals surface area contributed by atoms with Crippen LogP contribution < -0.4 is 5.32 Å². The molecule has 1 aromatic rings. The lowest BCUT2D eigenvalue weighted by atomic mass is 10.0. The highest BCUT2D eigenvalue weighted by Gasteiger charge is 2.27. The van der Waals surface area contributed by atoms with E-state index in [0.717, 1.165) is 56.5 Å². The second kappa shape index (κ2) is 7.35. The van der Waals surface area contributed by atoms with E-state index in [4.69, 9.17) is 9.47 Å². The van der Waals surface area contributed by atoms with E-state index in [2.05, 4.69) is 20.2 Å². The van der Waals surface area contributed by atoms with Crippen LogP contribution in [-0.4, -0.2) is 60.4 Å². The molecule has 3 rings (SSSR count). The van der Waals surface area contributed by atoms with E-state index in [1.165, 1.54) is 6.42 Å². The summed E-state index contributed by atoms with van der Waals surface area (Å²) in [7, 11) is 1.67. The molecule has 2 fully saturated rings. The fraction of sp³-hybridized carbons (Fsp3) is 0.750. The second-order valence-electron chi connectivity index (χ2n) is 6.22. The van der Waals surface area contributed by atoms with E-state index in [1.807, 2.05) is 13.0 Å². The quantitative estimate of drug-likeness (QED) is 0.891. The fourth-order valence-electron chi connectivity index (χ4n) is 3.33. The maximum Gasteiger partial charge on any atom is 0.156 e. The van der Waals surface area contributed by atoms with Crippen molar-refractivity contribution in [3.05, 3.63) is 17.6 Å². The van der Waals surface area contributed by atoms with Crippen LogP contribution in [-0.2, 0) is 16.1 Å². The van der Waals surface area contributed by atoms with E-state index in [1.54, 1.807) is 7.11 Å². The molecule has 1 atom stereocenters. The molecular formula is C16H26N4O2. The van der Waals surface area contributed by atoms with Crippen LogP contribution in [0.4, 0.5) is 5.82 Å². The minimum atomic E-state index is 0.455. The topological polar surface area (TPSA) is 59.5 Å². The largest absolute Gasteiger partial charge is 0.380 e. The van der Waals surface area contributed by atoms with E-state index in [-0.39, 0.29) is 0 Å². The van der Waals surface area contributed by atoms with Crippen molar-refractivity contribution in [2.75, 3.05) is 38.7 Å².